The summed E-state index contributed by atoms with van der Waals surface area (Å²) in [5, 5.41) is 3.77. The fourth-order valence-electron chi connectivity index (χ4n) is 1.54. The standard InChI is InChI=1S/C14H16N2O3S/c1-9(2)19-11-6-4-10(5-7-11)16-14-15-8-12(20-14)13(17)18-3/h4-9H,1-3H3,(H,15,16). The Balaban J connectivity index is 2.02. The minimum atomic E-state index is -0.378. The van der Waals surface area contributed by atoms with Crippen LogP contribution in [-0.4, -0.2) is 24.2 Å². The molecule has 0 aliphatic carbocycles. The number of esters is 1. The molecule has 20 heavy (non-hydrogen) atoms. The maximum Gasteiger partial charge on any atom is 0.349 e. The van der Waals surface area contributed by atoms with E-state index >= 15 is 0 Å². The van der Waals surface area contributed by atoms with Gasteiger partial charge >= 0.3 is 5.97 Å². The van der Waals surface area contributed by atoms with Crippen LogP contribution in [0.1, 0.15) is 23.5 Å². The van der Waals surface area contributed by atoms with Gasteiger partial charge < -0.3 is 14.8 Å². The van der Waals surface area contributed by atoms with E-state index in [1.165, 1.54) is 24.6 Å². The van der Waals surface area contributed by atoms with E-state index in [0.29, 0.717) is 10.0 Å². The Morgan fingerprint density at radius 1 is 1.30 bits per heavy atom. The zero-order chi connectivity index (χ0) is 14.5. The first kappa shape index (κ1) is 14.3. The van der Waals surface area contributed by atoms with E-state index in [0.717, 1.165) is 11.4 Å². The lowest BCUT2D eigenvalue weighted by Crippen LogP contribution is -2.05. The summed E-state index contributed by atoms with van der Waals surface area (Å²) in [5.41, 5.74) is 0.881. The van der Waals surface area contributed by atoms with E-state index in [1.54, 1.807) is 0 Å². The topological polar surface area (TPSA) is 60.5 Å². The van der Waals surface area contributed by atoms with Crippen LogP contribution in [0.5, 0.6) is 5.75 Å². The van der Waals surface area contributed by atoms with Crippen molar-refractivity contribution in [3.8, 4) is 5.75 Å². The fourth-order valence-corrected chi connectivity index (χ4v) is 2.29. The maximum atomic E-state index is 11.3. The van der Waals surface area contributed by atoms with Gasteiger partial charge in [-0.05, 0) is 38.1 Å². The highest BCUT2D eigenvalue weighted by Gasteiger charge is 2.10. The number of carbonyl (C=O) groups is 1. The molecule has 0 spiro atoms. The third-order valence-electron chi connectivity index (χ3n) is 2.37. The molecule has 6 heteroatoms. The summed E-state index contributed by atoms with van der Waals surface area (Å²) in [7, 11) is 1.35. The SMILES string of the molecule is COC(=O)c1cnc(Nc2ccc(OC(C)C)cc2)s1. The summed E-state index contributed by atoms with van der Waals surface area (Å²) in [4.78, 5) is 15.9. The molecule has 1 aromatic heterocycles. The van der Waals surface area contributed by atoms with Crippen molar-refractivity contribution in [1.29, 1.82) is 0 Å². The number of aromatic nitrogens is 1. The molecule has 5 nitrogen and oxygen atoms in total. The molecule has 2 aromatic rings. The van der Waals surface area contributed by atoms with Gasteiger partial charge in [0.2, 0.25) is 0 Å². The molecule has 0 atom stereocenters. The van der Waals surface area contributed by atoms with Gasteiger partial charge in [-0.2, -0.15) is 0 Å². The molecule has 106 valence electrons. The minimum absolute atomic E-state index is 0.149. The molecule has 0 saturated heterocycles. The van der Waals surface area contributed by atoms with Crippen molar-refractivity contribution in [2.24, 2.45) is 0 Å². The molecule has 0 bridgehead atoms. The molecular weight excluding hydrogens is 276 g/mol. The first-order valence-electron chi connectivity index (χ1n) is 6.16. The molecule has 2 rings (SSSR count). The molecule has 0 aliphatic rings. The van der Waals surface area contributed by atoms with Gasteiger partial charge in [0.25, 0.3) is 0 Å². The fraction of sp³-hybridized carbons (Fsp3) is 0.286. The zero-order valence-corrected chi connectivity index (χ0v) is 12.4. The van der Waals surface area contributed by atoms with Crippen LogP contribution >= 0.6 is 11.3 Å². The van der Waals surface area contributed by atoms with Crippen LogP contribution in [0.4, 0.5) is 10.8 Å². The zero-order valence-electron chi connectivity index (χ0n) is 11.5. The van der Waals surface area contributed by atoms with E-state index in [2.05, 4.69) is 15.0 Å². The number of nitrogens with zero attached hydrogens (tertiary/aromatic N) is 1. The molecule has 0 fully saturated rings. The normalized spacial score (nSPS) is 10.4. The van der Waals surface area contributed by atoms with E-state index < -0.39 is 0 Å². The van der Waals surface area contributed by atoms with Gasteiger partial charge in [-0.15, -0.1) is 0 Å². The monoisotopic (exact) mass is 292 g/mol. The highest BCUT2D eigenvalue weighted by molar-refractivity contribution is 7.17. The average molecular weight is 292 g/mol. The number of rotatable bonds is 5. The lowest BCUT2D eigenvalue weighted by atomic mass is 10.3. The number of carbonyl (C=O) groups excluding carboxylic acids is 1. The molecule has 1 heterocycles. The molecule has 1 N–H and O–H groups in total. The average Bonchev–Trinajstić information content (AvgIpc) is 2.88. The third-order valence-corrected chi connectivity index (χ3v) is 3.26. The second-order valence-corrected chi connectivity index (χ2v) is 5.37. The van der Waals surface area contributed by atoms with Crippen LogP contribution in [0, 0.1) is 0 Å². The number of methoxy groups -OCH3 is 1. The van der Waals surface area contributed by atoms with E-state index in [1.807, 2.05) is 38.1 Å². The molecule has 1 aromatic carbocycles. The van der Waals surface area contributed by atoms with Crippen LogP contribution in [0.25, 0.3) is 0 Å². The predicted octanol–water partition coefficient (Wildman–Crippen LogP) is 3.46. The van der Waals surface area contributed by atoms with E-state index in [4.69, 9.17) is 4.74 Å². The Morgan fingerprint density at radius 3 is 2.60 bits per heavy atom. The lowest BCUT2D eigenvalue weighted by Gasteiger charge is -2.10. The van der Waals surface area contributed by atoms with Crippen molar-refractivity contribution in [3.63, 3.8) is 0 Å². The smallest absolute Gasteiger partial charge is 0.349 e. The number of thiazole rings is 1. The maximum absolute atomic E-state index is 11.3. The molecule has 0 amide bonds. The number of anilines is 2. The van der Waals surface area contributed by atoms with Crippen molar-refractivity contribution in [2.45, 2.75) is 20.0 Å². The Kier molecular flexibility index (Phi) is 4.57. The minimum Gasteiger partial charge on any atom is -0.491 e. The highest BCUT2D eigenvalue weighted by Crippen LogP contribution is 2.24. The lowest BCUT2D eigenvalue weighted by molar-refractivity contribution is 0.0606. The van der Waals surface area contributed by atoms with Crippen LogP contribution < -0.4 is 10.1 Å². The van der Waals surface area contributed by atoms with Gasteiger partial charge in [-0.3, -0.25) is 0 Å². The van der Waals surface area contributed by atoms with Crippen molar-refractivity contribution >= 4 is 28.1 Å². The van der Waals surface area contributed by atoms with Gasteiger partial charge in [0.05, 0.1) is 19.4 Å². The summed E-state index contributed by atoms with van der Waals surface area (Å²) < 4.78 is 10.2. The van der Waals surface area contributed by atoms with E-state index in [-0.39, 0.29) is 12.1 Å². The summed E-state index contributed by atoms with van der Waals surface area (Å²) in [6, 6.07) is 7.57. The number of benzene rings is 1. The largest absolute Gasteiger partial charge is 0.491 e. The van der Waals surface area contributed by atoms with Crippen molar-refractivity contribution < 1.29 is 14.3 Å². The van der Waals surface area contributed by atoms with E-state index in [9.17, 15) is 4.79 Å². The second kappa shape index (κ2) is 6.38. The van der Waals surface area contributed by atoms with Crippen molar-refractivity contribution in [3.05, 3.63) is 35.3 Å². The van der Waals surface area contributed by atoms with Gasteiger partial charge in [-0.25, -0.2) is 9.78 Å². The number of hydrogen-bond donors (Lipinski definition) is 1. The number of hydrogen-bond acceptors (Lipinski definition) is 6. The number of ether oxygens (including phenoxy) is 2. The third kappa shape index (κ3) is 3.71. The molecule has 0 aliphatic heterocycles. The van der Waals surface area contributed by atoms with Crippen LogP contribution in [-0.2, 0) is 4.74 Å². The Bertz CT molecular complexity index is 578. The number of nitrogens with one attached hydrogen (secondary N) is 1. The van der Waals surface area contributed by atoms with Crippen molar-refractivity contribution in [2.75, 3.05) is 12.4 Å². The molecule has 0 radical (unpaired) electrons. The van der Waals surface area contributed by atoms with Crippen molar-refractivity contribution in [1.82, 2.24) is 4.98 Å². The highest BCUT2D eigenvalue weighted by atomic mass is 32.1. The van der Waals surface area contributed by atoms with Gasteiger partial charge in [0, 0.05) is 5.69 Å². The molecule has 0 saturated carbocycles. The summed E-state index contributed by atoms with van der Waals surface area (Å²) in [6.45, 7) is 3.96. The Labute approximate surface area is 121 Å². The van der Waals surface area contributed by atoms with Crippen LogP contribution in [0.3, 0.4) is 0 Å². The first-order chi connectivity index (χ1) is 9.58. The van der Waals surface area contributed by atoms with Gasteiger partial charge in [0.15, 0.2) is 5.13 Å². The quantitative estimate of drug-likeness (QED) is 0.855. The summed E-state index contributed by atoms with van der Waals surface area (Å²) in [5.74, 6) is 0.441. The first-order valence-corrected chi connectivity index (χ1v) is 6.98. The van der Waals surface area contributed by atoms with Crippen LogP contribution in [0.15, 0.2) is 30.5 Å². The predicted molar refractivity (Wildman–Crippen MR) is 78.9 cm³/mol. The summed E-state index contributed by atoms with van der Waals surface area (Å²) in [6.07, 6.45) is 1.64. The summed E-state index contributed by atoms with van der Waals surface area (Å²) >= 11 is 1.25. The molecule has 0 unspecified atom stereocenters. The van der Waals surface area contributed by atoms with Gasteiger partial charge in [0.1, 0.15) is 10.6 Å². The Hall–Kier alpha value is -2.08. The molecular formula is C14H16N2O3S. The second-order valence-electron chi connectivity index (χ2n) is 4.34. The Morgan fingerprint density at radius 2 is 2.00 bits per heavy atom. The van der Waals surface area contributed by atoms with Crippen LogP contribution in [0.2, 0.25) is 0 Å². The van der Waals surface area contributed by atoms with Gasteiger partial charge in [-0.1, -0.05) is 11.3 Å².